The maximum atomic E-state index is 12.1. The average Bonchev–Trinajstić information content (AvgIpc) is 2.47. The van der Waals surface area contributed by atoms with Gasteiger partial charge >= 0.3 is 0 Å². The van der Waals surface area contributed by atoms with Crippen LogP contribution >= 0.6 is 0 Å². The molecular weight excluding hydrogens is 288 g/mol. The smallest absolute Gasteiger partial charge is 0.251 e. The van der Waals surface area contributed by atoms with Gasteiger partial charge in [-0.2, -0.15) is 0 Å². The van der Waals surface area contributed by atoms with Crippen molar-refractivity contribution in [2.24, 2.45) is 5.14 Å². The lowest BCUT2D eigenvalue weighted by Gasteiger charge is -2.14. The Labute approximate surface area is 123 Å². The predicted octanol–water partition coefficient (Wildman–Crippen LogP) is 1.83. The van der Waals surface area contributed by atoms with Crippen LogP contribution in [0.5, 0.6) is 0 Å². The van der Waals surface area contributed by atoms with Crippen molar-refractivity contribution in [3.63, 3.8) is 0 Å². The monoisotopic (exact) mass is 304 g/mol. The molecule has 0 aromatic heterocycles. The molecule has 0 aliphatic heterocycles. The van der Waals surface area contributed by atoms with Crippen LogP contribution in [0.4, 0.5) is 0 Å². The Morgan fingerprint density at radius 3 is 2.14 bits per heavy atom. The summed E-state index contributed by atoms with van der Waals surface area (Å²) in [5.41, 5.74) is 1.37. The van der Waals surface area contributed by atoms with Crippen molar-refractivity contribution in [3.05, 3.63) is 65.7 Å². The van der Waals surface area contributed by atoms with Gasteiger partial charge in [0.05, 0.1) is 10.9 Å². The number of hydrogen-bond donors (Lipinski definition) is 2. The van der Waals surface area contributed by atoms with E-state index in [1.54, 1.807) is 0 Å². The number of benzene rings is 2. The first kappa shape index (κ1) is 15.2. The second-order valence-corrected chi connectivity index (χ2v) is 6.24. The number of nitrogens with one attached hydrogen (secondary N) is 1. The fourth-order valence-electron chi connectivity index (χ4n) is 1.90. The molecule has 0 saturated carbocycles. The molecule has 5 nitrogen and oxygen atoms in total. The van der Waals surface area contributed by atoms with Crippen molar-refractivity contribution in [1.29, 1.82) is 0 Å². The second-order valence-electron chi connectivity index (χ2n) is 4.68. The summed E-state index contributed by atoms with van der Waals surface area (Å²) in [6.45, 7) is 1.88. The second kappa shape index (κ2) is 6.07. The molecule has 0 fully saturated rings. The summed E-state index contributed by atoms with van der Waals surface area (Å²) in [4.78, 5) is 12.1. The highest BCUT2D eigenvalue weighted by Gasteiger charge is 2.13. The highest BCUT2D eigenvalue weighted by Crippen LogP contribution is 2.13. The number of carbonyl (C=O) groups is 1. The van der Waals surface area contributed by atoms with Gasteiger partial charge in [0.25, 0.3) is 5.91 Å². The zero-order valence-electron chi connectivity index (χ0n) is 11.5. The maximum absolute atomic E-state index is 12.1. The van der Waals surface area contributed by atoms with Gasteiger partial charge in [-0.3, -0.25) is 4.79 Å². The molecule has 0 aliphatic rings. The van der Waals surface area contributed by atoms with E-state index in [0.29, 0.717) is 5.56 Å². The molecule has 6 heteroatoms. The molecule has 2 rings (SSSR count). The number of sulfonamides is 1. The molecule has 110 valence electrons. The van der Waals surface area contributed by atoms with Crippen molar-refractivity contribution in [3.8, 4) is 0 Å². The van der Waals surface area contributed by atoms with Gasteiger partial charge < -0.3 is 5.32 Å². The van der Waals surface area contributed by atoms with Crippen LogP contribution < -0.4 is 10.5 Å². The maximum Gasteiger partial charge on any atom is 0.251 e. The van der Waals surface area contributed by atoms with Crippen LogP contribution in [0.3, 0.4) is 0 Å². The summed E-state index contributed by atoms with van der Waals surface area (Å²) >= 11 is 0. The van der Waals surface area contributed by atoms with Gasteiger partial charge in [0.1, 0.15) is 0 Å². The summed E-state index contributed by atoms with van der Waals surface area (Å²) in [6.07, 6.45) is 0. The number of primary sulfonamides is 1. The molecule has 0 radical (unpaired) electrons. The van der Waals surface area contributed by atoms with Gasteiger partial charge in [0.2, 0.25) is 10.0 Å². The molecule has 0 spiro atoms. The van der Waals surface area contributed by atoms with Crippen LogP contribution in [0.2, 0.25) is 0 Å². The lowest BCUT2D eigenvalue weighted by Crippen LogP contribution is -2.26. The molecule has 0 aliphatic carbocycles. The molecular formula is C15H16N2O3S. The molecule has 0 heterocycles. The van der Waals surface area contributed by atoms with Crippen LogP contribution in [-0.4, -0.2) is 14.3 Å². The van der Waals surface area contributed by atoms with E-state index in [2.05, 4.69) is 5.32 Å². The largest absolute Gasteiger partial charge is 0.346 e. The average molecular weight is 304 g/mol. The third kappa shape index (κ3) is 3.90. The lowest BCUT2D eigenvalue weighted by atomic mass is 10.1. The minimum absolute atomic E-state index is 0.0184. The predicted molar refractivity (Wildman–Crippen MR) is 80.1 cm³/mol. The Kier molecular flexibility index (Phi) is 4.40. The van der Waals surface area contributed by atoms with E-state index in [-0.39, 0.29) is 16.8 Å². The first-order valence-electron chi connectivity index (χ1n) is 6.36. The fourth-order valence-corrected chi connectivity index (χ4v) is 2.42. The van der Waals surface area contributed by atoms with E-state index < -0.39 is 10.0 Å². The zero-order valence-corrected chi connectivity index (χ0v) is 12.3. The van der Waals surface area contributed by atoms with Crippen LogP contribution in [-0.2, 0) is 10.0 Å². The molecule has 2 aromatic carbocycles. The van der Waals surface area contributed by atoms with E-state index >= 15 is 0 Å². The quantitative estimate of drug-likeness (QED) is 0.903. The van der Waals surface area contributed by atoms with Crippen molar-refractivity contribution in [1.82, 2.24) is 5.32 Å². The molecule has 1 atom stereocenters. The van der Waals surface area contributed by atoms with Crippen LogP contribution in [0.25, 0.3) is 0 Å². The topological polar surface area (TPSA) is 89.3 Å². The number of nitrogens with two attached hydrogens (primary N) is 1. The van der Waals surface area contributed by atoms with Gasteiger partial charge in [-0.05, 0) is 36.8 Å². The first-order valence-corrected chi connectivity index (χ1v) is 7.91. The number of hydrogen-bond acceptors (Lipinski definition) is 3. The van der Waals surface area contributed by atoms with Crippen molar-refractivity contribution < 1.29 is 13.2 Å². The number of rotatable bonds is 4. The number of carbonyl (C=O) groups excluding carboxylic acids is 1. The van der Waals surface area contributed by atoms with Crippen molar-refractivity contribution in [2.75, 3.05) is 0 Å². The molecule has 2 aromatic rings. The van der Waals surface area contributed by atoms with Gasteiger partial charge in [0.15, 0.2) is 0 Å². The van der Waals surface area contributed by atoms with E-state index in [0.717, 1.165) is 5.56 Å². The Morgan fingerprint density at radius 2 is 1.62 bits per heavy atom. The Hall–Kier alpha value is -2.18. The van der Waals surface area contributed by atoms with Gasteiger partial charge in [-0.25, -0.2) is 13.6 Å². The summed E-state index contributed by atoms with van der Waals surface area (Å²) < 4.78 is 22.3. The van der Waals surface area contributed by atoms with Gasteiger partial charge in [-0.1, -0.05) is 30.3 Å². The summed E-state index contributed by atoms with van der Waals surface area (Å²) in [5, 5.41) is 7.86. The molecule has 1 unspecified atom stereocenters. The Morgan fingerprint density at radius 1 is 1.05 bits per heavy atom. The SMILES string of the molecule is CC(NC(=O)c1ccc(S(N)(=O)=O)cc1)c1ccccc1. The molecule has 0 bridgehead atoms. The molecule has 1 amide bonds. The van der Waals surface area contributed by atoms with Crippen LogP contribution in [0.15, 0.2) is 59.5 Å². The summed E-state index contributed by atoms with van der Waals surface area (Å²) in [5.74, 6) is -0.271. The third-order valence-corrected chi connectivity index (χ3v) is 4.02. The van der Waals surface area contributed by atoms with Crippen LogP contribution in [0, 0.1) is 0 Å². The summed E-state index contributed by atoms with van der Waals surface area (Å²) in [6, 6.07) is 14.9. The van der Waals surface area contributed by atoms with Gasteiger partial charge in [0, 0.05) is 5.56 Å². The zero-order chi connectivity index (χ0) is 15.5. The fraction of sp³-hybridized carbons (Fsp3) is 0.133. The molecule has 3 N–H and O–H groups in total. The van der Waals surface area contributed by atoms with Crippen molar-refractivity contribution >= 4 is 15.9 Å². The van der Waals surface area contributed by atoms with E-state index in [4.69, 9.17) is 5.14 Å². The Bertz CT molecular complexity index is 725. The lowest BCUT2D eigenvalue weighted by molar-refractivity contribution is 0.0940. The van der Waals surface area contributed by atoms with E-state index in [1.807, 2.05) is 37.3 Å². The van der Waals surface area contributed by atoms with Crippen LogP contribution in [0.1, 0.15) is 28.9 Å². The minimum atomic E-state index is -3.74. The van der Waals surface area contributed by atoms with Crippen molar-refractivity contribution in [2.45, 2.75) is 17.9 Å². The highest BCUT2D eigenvalue weighted by molar-refractivity contribution is 7.89. The normalized spacial score (nSPS) is 12.7. The summed E-state index contributed by atoms with van der Waals surface area (Å²) in [7, 11) is -3.74. The van der Waals surface area contributed by atoms with E-state index in [9.17, 15) is 13.2 Å². The Balaban J connectivity index is 2.11. The van der Waals surface area contributed by atoms with Gasteiger partial charge in [-0.15, -0.1) is 0 Å². The molecule has 21 heavy (non-hydrogen) atoms. The first-order chi connectivity index (χ1) is 9.88. The standard InChI is InChI=1S/C15H16N2O3S/c1-11(12-5-3-2-4-6-12)17-15(18)13-7-9-14(10-8-13)21(16,19)20/h2-11H,1H3,(H,17,18)(H2,16,19,20). The number of amides is 1. The highest BCUT2D eigenvalue weighted by atomic mass is 32.2. The van der Waals surface area contributed by atoms with E-state index in [1.165, 1.54) is 24.3 Å². The molecule has 0 saturated heterocycles. The minimum Gasteiger partial charge on any atom is -0.346 e. The third-order valence-electron chi connectivity index (χ3n) is 3.09.